The summed E-state index contributed by atoms with van der Waals surface area (Å²) >= 11 is 0. The van der Waals surface area contributed by atoms with Gasteiger partial charge in [0.25, 0.3) is 16.1 Å². The molecule has 4 rings (SSSR count). The second-order valence-electron chi connectivity index (χ2n) is 9.05. The van der Waals surface area contributed by atoms with Gasteiger partial charge in [-0.2, -0.15) is 17.0 Å². The average molecular weight is 444 g/mol. The van der Waals surface area contributed by atoms with E-state index in [4.69, 9.17) is 4.74 Å². The molecule has 0 unspecified atom stereocenters. The monoisotopic (exact) mass is 443 g/mol. The van der Waals surface area contributed by atoms with Gasteiger partial charge < -0.3 is 10.1 Å². The number of carbonyl (C=O) groups is 2. The van der Waals surface area contributed by atoms with Crippen LogP contribution in [0.25, 0.3) is 0 Å². The van der Waals surface area contributed by atoms with Crippen molar-refractivity contribution in [3.8, 4) is 0 Å². The Balaban J connectivity index is 1.34. The molecule has 1 aliphatic carbocycles. The van der Waals surface area contributed by atoms with E-state index in [2.05, 4.69) is 5.32 Å². The first-order chi connectivity index (χ1) is 14.2. The van der Waals surface area contributed by atoms with Crippen LogP contribution >= 0.6 is 0 Å². The number of nitrogens with one attached hydrogen (secondary N) is 1. The molecule has 3 amide bonds. The summed E-state index contributed by atoms with van der Waals surface area (Å²) in [5.74, 6) is -0.126. The van der Waals surface area contributed by atoms with Crippen LogP contribution < -0.4 is 5.32 Å². The molecule has 4 fully saturated rings. The second-order valence-corrected chi connectivity index (χ2v) is 11.0. The fraction of sp³-hybridized carbons (Fsp3) is 0.895. The molecule has 1 spiro atoms. The normalized spacial score (nSPS) is 32.0. The highest BCUT2D eigenvalue weighted by molar-refractivity contribution is 7.86. The Morgan fingerprint density at radius 3 is 2.17 bits per heavy atom. The predicted octanol–water partition coefficient (Wildman–Crippen LogP) is 0.170. The molecule has 0 aromatic heterocycles. The van der Waals surface area contributed by atoms with E-state index in [1.807, 2.05) is 18.7 Å². The Bertz CT molecular complexity index is 766. The van der Waals surface area contributed by atoms with Crippen LogP contribution in [0.2, 0.25) is 0 Å². The van der Waals surface area contributed by atoms with E-state index in [0.29, 0.717) is 52.1 Å². The number of carbonyl (C=O) groups excluding carboxylic acids is 2. The van der Waals surface area contributed by atoms with E-state index in [0.717, 1.165) is 19.3 Å². The SMILES string of the molecule is C[C@@H]1CN(S(=O)(=O)N2CCN(CN3C(=O)NC4(CCCCC4)C3=O)CC2)C[C@H](C)O1. The highest BCUT2D eigenvalue weighted by atomic mass is 32.2. The van der Waals surface area contributed by atoms with E-state index in [9.17, 15) is 18.0 Å². The van der Waals surface area contributed by atoms with Gasteiger partial charge >= 0.3 is 6.03 Å². The molecule has 3 saturated heterocycles. The Labute approximate surface area is 178 Å². The summed E-state index contributed by atoms with van der Waals surface area (Å²) in [5.41, 5.74) is -0.718. The number of nitrogens with zero attached hydrogens (tertiary/aromatic N) is 4. The molecule has 1 N–H and O–H groups in total. The summed E-state index contributed by atoms with van der Waals surface area (Å²) in [6, 6.07) is -0.326. The molecule has 3 aliphatic heterocycles. The number of ether oxygens (including phenoxy) is 1. The van der Waals surface area contributed by atoms with Crippen molar-refractivity contribution in [1.29, 1.82) is 0 Å². The highest BCUT2D eigenvalue weighted by Gasteiger charge is 2.51. The number of urea groups is 1. The zero-order valence-corrected chi connectivity index (χ0v) is 18.7. The van der Waals surface area contributed by atoms with Crippen molar-refractivity contribution >= 4 is 22.1 Å². The third-order valence-corrected chi connectivity index (χ3v) is 8.63. The first-order valence-electron chi connectivity index (χ1n) is 11.0. The van der Waals surface area contributed by atoms with Crippen molar-refractivity contribution in [3.05, 3.63) is 0 Å². The average Bonchev–Trinajstić information content (AvgIpc) is 2.92. The largest absolute Gasteiger partial charge is 0.373 e. The van der Waals surface area contributed by atoms with Crippen molar-refractivity contribution in [2.45, 2.75) is 63.7 Å². The lowest BCUT2D eigenvalue weighted by Gasteiger charge is -2.40. The van der Waals surface area contributed by atoms with E-state index in [-0.39, 0.29) is 30.8 Å². The lowest BCUT2D eigenvalue weighted by Crippen LogP contribution is -2.58. The molecule has 0 aromatic rings. The minimum atomic E-state index is -3.55. The first-order valence-corrected chi connectivity index (χ1v) is 12.4. The lowest BCUT2D eigenvalue weighted by molar-refractivity contribution is -0.134. The third-order valence-electron chi connectivity index (χ3n) is 6.66. The van der Waals surface area contributed by atoms with Gasteiger partial charge in [0.1, 0.15) is 5.54 Å². The minimum Gasteiger partial charge on any atom is -0.373 e. The Morgan fingerprint density at radius 2 is 1.57 bits per heavy atom. The molecule has 3 heterocycles. The molecular formula is C19H33N5O5S. The minimum absolute atomic E-state index is 0.126. The zero-order valence-electron chi connectivity index (χ0n) is 17.9. The number of morpholine rings is 1. The van der Waals surface area contributed by atoms with Crippen LogP contribution in [0.4, 0.5) is 4.79 Å². The smallest absolute Gasteiger partial charge is 0.326 e. The van der Waals surface area contributed by atoms with Crippen LogP contribution in [0.15, 0.2) is 0 Å². The van der Waals surface area contributed by atoms with Crippen molar-refractivity contribution in [2.24, 2.45) is 0 Å². The summed E-state index contributed by atoms with van der Waals surface area (Å²) in [5, 5.41) is 2.93. The Hall–Kier alpha value is -1.27. The molecule has 30 heavy (non-hydrogen) atoms. The van der Waals surface area contributed by atoms with E-state index in [1.165, 1.54) is 13.5 Å². The summed E-state index contributed by atoms with van der Waals surface area (Å²) in [6.45, 7) is 6.35. The lowest BCUT2D eigenvalue weighted by atomic mass is 9.82. The van der Waals surface area contributed by atoms with Crippen molar-refractivity contribution in [2.75, 3.05) is 45.9 Å². The van der Waals surface area contributed by atoms with Crippen LogP contribution in [0.5, 0.6) is 0 Å². The molecular weight excluding hydrogens is 410 g/mol. The van der Waals surface area contributed by atoms with Gasteiger partial charge in [-0.1, -0.05) is 19.3 Å². The quantitative estimate of drug-likeness (QED) is 0.622. The van der Waals surface area contributed by atoms with Gasteiger partial charge in [-0.25, -0.2) is 9.69 Å². The summed E-state index contributed by atoms with van der Waals surface area (Å²) in [6.07, 6.45) is 4.16. The Kier molecular flexibility index (Phi) is 6.10. The van der Waals surface area contributed by atoms with Crippen LogP contribution in [0, 0.1) is 0 Å². The maximum absolute atomic E-state index is 13.0. The maximum atomic E-state index is 13.0. The number of piperazine rings is 1. The third kappa shape index (κ3) is 4.10. The predicted molar refractivity (Wildman–Crippen MR) is 110 cm³/mol. The zero-order chi connectivity index (χ0) is 21.5. The van der Waals surface area contributed by atoms with Crippen LogP contribution in [-0.2, 0) is 19.7 Å². The first kappa shape index (κ1) is 21.9. The fourth-order valence-electron chi connectivity index (χ4n) is 5.08. The molecule has 10 nitrogen and oxygen atoms in total. The molecule has 170 valence electrons. The van der Waals surface area contributed by atoms with E-state index in [1.54, 1.807) is 0 Å². The Morgan fingerprint density at radius 1 is 0.967 bits per heavy atom. The summed E-state index contributed by atoms with van der Waals surface area (Å²) in [4.78, 5) is 28.7. The topological polar surface area (TPSA) is 103 Å². The number of imide groups is 1. The van der Waals surface area contributed by atoms with Crippen LogP contribution in [0.3, 0.4) is 0 Å². The molecule has 0 aromatic carbocycles. The van der Waals surface area contributed by atoms with E-state index < -0.39 is 15.7 Å². The summed E-state index contributed by atoms with van der Waals surface area (Å²) in [7, 11) is -3.55. The number of rotatable bonds is 4. The maximum Gasteiger partial charge on any atom is 0.326 e. The summed E-state index contributed by atoms with van der Waals surface area (Å²) < 4.78 is 34.7. The van der Waals surface area contributed by atoms with Crippen molar-refractivity contribution < 1.29 is 22.7 Å². The highest BCUT2D eigenvalue weighted by Crippen LogP contribution is 2.33. The molecule has 0 radical (unpaired) electrons. The van der Waals surface area contributed by atoms with Gasteiger partial charge in [-0.15, -0.1) is 0 Å². The van der Waals surface area contributed by atoms with Gasteiger partial charge in [-0.3, -0.25) is 9.69 Å². The second kappa shape index (κ2) is 8.34. The van der Waals surface area contributed by atoms with Gasteiger partial charge in [0.05, 0.1) is 18.9 Å². The number of hydrogen-bond acceptors (Lipinski definition) is 6. The fourth-order valence-corrected chi connectivity index (χ4v) is 6.83. The molecule has 4 aliphatic rings. The standard InChI is InChI=1S/C19H33N5O5S/c1-15-12-23(13-16(2)29-15)30(27,28)22-10-8-21(9-11-22)14-24-17(25)19(20-18(24)26)6-4-3-5-7-19/h15-16H,3-14H2,1-2H3,(H,20,26)/t15-,16+. The van der Waals surface area contributed by atoms with Crippen molar-refractivity contribution in [1.82, 2.24) is 23.7 Å². The van der Waals surface area contributed by atoms with Gasteiger partial charge in [0.2, 0.25) is 0 Å². The van der Waals surface area contributed by atoms with Crippen LogP contribution in [-0.4, -0.2) is 102 Å². The number of amides is 3. The van der Waals surface area contributed by atoms with Gasteiger partial charge in [-0.05, 0) is 26.7 Å². The molecule has 0 bridgehead atoms. The molecule has 1 saturated carbocycles. The number of hydrogen-bond donors (Lipinski definition) is 1. The van der Waals surface area contributed by atoms with Gasteiger partial charge in [0, 0.05) is 39.3 Å². The van der Waals surface area contributed by atoms with Gasteiger partial charge in [0.15, 0.2) is 0 Å². The molecule has 11 heteroatoms. The molecule has 2 atom stereocenters. The van der Waals surface area contributed by atoms with Crippen LogP contribution in [0.1, 0.15) is 46.0 Å². The van der Waals surface area contributed by atoms with Crippen molar-refractivity contribution in [3.63, 3.8) is 0 Å². The van der Waals surface area contributed by atoms with E-state index >= 15 is 0 Å².